The molecule has 0 aliphatic carbocycles. The Morgan fingerprint density at radius 3 is 2.44 bits per heavy atom. The van der Waals surface area contributed by atoms with E-state index in [1.54, 1.807) is 42.5 Å². The largest absolute Gasteiger partial charge is 0.383 e. The van der Waals surface area contributed by atoms with E-state index in [0.29, 0.717) is 12.2 Å². The van der Waals surface area contributed by atoms with E-state index in [4.69, 9.17) is 4.74 Å². The summed E-state index contributed by atoms with van der Waals surface area (Å²) in [6.07, 6.45) is 1.30. The number of halogens is 1. The summed E-state index contributed by atoms with van der Waals surface area (Å²) in [5.41, 5.74) is 0.550. The molecule has 0 saturated carbocycles. The molecule has 0 aliphatic heterocycles. The number of methoxy groups -OCH3 is 1. The van der Waals surface area contributed by atoms with E-state index >= 15 is 0 Å². The van der Waals surface area contributed by atoms with Gasteiger partial charge in [0.25, 0.3) is 11.8 Å². The maximum atomic E-state index is 13.9. The lowest BCUT2D eigenvalue weighted by molar-refractivity contribution is -0.117. The highest BCUT2D eigenvalue weighted by Crippen LogP contribution is 2.11. The van der Waals surface area contributed by atoms with Crippen molar-refractivity contribution in [2.45, 2.75) is 0 Å². The Hall–Kier alpha value is -2.99. The number of hydrogen-bond donors (Lipinski definition) is 2. The molecule has 0 unspecified atom stereocenters. The van der Waals surface area contributed by atoms with Crippen molar-refractivity contribution < 1.29 is 18.7 Å². The van der Waals surface area contributed by atoms with Gasteiger partial charge in [0.1, 0.15) is 11.5 Å². The van der Waals surface area contributed by atoms with E-state index in [1.165, 1.54) is 25.3 Å². The van der Waals surface area contributed by atoms with E-state index < -0.39 is 17.6 Å². The summed E-state index contributed by atoms with van der Waals surface area (Å²) in [4.78, 5) is 24.6. The molecule has 2 N–H and O–H groups in total. The van der Waals surface area contributed by atoms with Crippen molar-refractivity contribution in [1.82, 2.24) is 10.6 Å². The maximum Gasteiger partial charge on any atom is 0.267 e. The first kappa shape index (κ1) is 18.4. The number of carbonyl (C=O) groups is 2. The van der Waals surface area contributed by atoms with Crippen LogP contribution in [0.1, 0.15) is 15.9 Å². The number of hydrogen-bond acceptors (Lipinski definition) is 3. The normalized spacial score (nSPS) is 11.0. The molecule has 2 rings (SSSR count). The molecule has 0 heterocycles. The smallest absolute Gasteiger partial charge is 0.267 e. The lowest BCUT2D eigenvalue weighted by Crippen LogP contribution is -2.36. The molecule has 0 radical (unpaired) electrons. The summed E-state index contributed by atoms with van der Waals surface area (Å²) in [5, 5.41) is 5.15. The van der Waals surface area contributed by atoms with Crippen LogP contribution in [0.2, 0.25) is 0 Å². The quantitative estimate of drug-likeness (QED) is 0.600. The van der Waals surface area contributed by atoms with Gasteiger partial charge in [-0.05, 0) is 24.3 Å². The van der Waals surface area contributed by atoms with Crippen LogP contribution in [0, 0.1) is 5.82 Å². The highest BCUT2D eigenvalue weighted by Gasteiger charge is 2.15. The van der Waals surface area contributed by atoms with E-state index in [9.17, 15) is 14.0 Å². The van der Waals surface area contributed by atoms with Crippen LogP contribution in [0.15, 0.2) is 60.3 Å². The standard InChI is InChI=1S/C19H19FN2O3/c1-25-12-11-21-19(24)17(13-15-9-5-6-10-16(15)20)22-18(23)14-7-3-2-4-8-14/h2-10,13H,11-12H2,1H3,(H,21,24)(H,22,23). The van der Waals surface area contributed by atoms with Gasteiger partial charge in [0.15, 0.2) is 0 Å². The summed E-state index contributed by atoms with van der Waals surface area (Å²) < 4.78 is 18.7. The maximum absolute atomic E-state index is 13.9. The minimum absolute atomic E-state index is 0.0462. The average Bonchev–Trinajstić information content (AvgIpc) is 2.63. The molecule has 130 valence electrons. The zero-order valence-corrected chi connectivity index (χ0v) is 13.8. The summed E-state index contributed by atoms with van der Waals surface area (Å²) >= 11 is 0. The van der Waals surface area contributed by atoms with Gasteiger partial charge in [-0.3, -0.25) is 9.59 Å². The molecule has 2 aromatic rings. The molecule has 6 heteroatoms. The lowest BCUT2D eigenvalue weighted by Gasteiger charge is -2.11. The Bertz CT molecular complexity index is 760. The van der Waals surface area contributed by atoms with Crippen LogP contribution >= 0.6 is 0 Å². The molecule has 2 amide bonds. The molecule has 25 heavy (non-hydrogen) atoms. The fourth-order valence-electron chi connectivity index (χ4n) is 2.05. The van der Waals surface area contributed by atoms with Crippen LogP contribution in [0.3, 0.4) is 0 Å². The second-order valence-electron chi connectivity index (χ2n) is 5.15. The van der Waals surface area contributed by atoms with Gasteiger partial charge < -0.3 is 15.4 Å². The first-order valence-electron chi connectivity index (χ1n) is 7.71. The summed E-state index contributed by atoms with van der Waals surface area (Å²) in [5.74, 6) is -1.46. The van der Waals surface area contributed by atoms with Gasteiger partial charge >= 0.3 is 0 Å². The fraction of sp³-hybridized carbons (Fsp3) is 0.158. The predicted molar refractivity (Wildman–Crippen MR) is 93.2 cm³/mol. The summed E-state index contributed by atoms with van der Waals surface area (Å²) in [7, 11) is 1.51. The summed E-state index contributed by atoms with van der Waals surface area (Å²) in [6.45, 7) is 0.594. The third kappa shape index (κ3) is 5.54. The van der Waals surface area contributed by atoms with Crippen molar-refractivity contribution in [3.05, 3.63) is 77.2 Å². The number of nitrogens with one attached hydrogen (secondary N) is 2. The molecule has 2 aromatic carbocycles. The zero-order valence-electron chi connectivity index (χ0n) is 13.8. The third-order valence-electron chi connectivity index (χ3n) is 3.33. The van der Waals surface area contributed by atoms with Gasteiger partial charge in [0.05, 0.1) is 6.61 Å². The Morgan fingerprint density at radius 1 is 1.08 bits per heavy atom. The van der Waals surface area contributed by atoms with Crippen molar-refractivity contribution >= 4 is 17.9 Å². The molecule has 0 aliphatic rings. The Labute approximate surface area is 145 Å². The Balaban J connectivity index is 2.24. The Kier molecular flexibility index (Phi) is 6.86. The van der Waals surface area contributed by atoms with Crippen molar-refractivity contribution in [3.63, 3.8) is 0 Å². The van der Waals surface area contributed by atoms with Crippen LogP contribution in [0.5, 0.6) is 0 Å². The van der Waals surface area contributed by atoms with Gasteiger partial charge in [0, 0.05) is 24.8 Å². The van der Waals surface area contributed by atoms with Crippen molar-refractivity contribution in [2.24, 2.45) is 0 Å². The van der Waals surface area contributed by atoms with E-state index in [2.05, 4.69) is 10.6 Å². The second-order valence-corrected chi connectivity index (χ2v) is 5.15. The molecular formula is C19H19FN2O3. The lowest BCUT2D eigenvalue weighted by atomic mass is 10.1. The minimum Gasteiger partial charge on any atom is -0.383 e. The number of ether oxygens (including phenoxy) is 1. The fourth-order valence-corrected chi connectivity index (χ4v) is 2.05. The Morgan fingerprint density at radius 2 is 1.76 bits per heavy atom. The zero-order chi connectivity index (χ0) is 18.1. The monoisotopic (exact) mass is 342 g/mol. The summed E-state index contributed by atoms with van der Waals surface area (Å²) in [6, 6.07) is 14.5. The number of rotatable bonds is 7. The van der Waals surface area contributed by atoms with E-state index in [0.717, 1.165) is 0 Å². The molecular weight excluding hydrogens is 323 g/mol. The van der Waals surface area contributed by atoms with Crippen molar-refractivity contribution in [2.75, 3.05) is 20.3 Å². The highest BCUT2D eigenvalue weighted by molar-refractivity contribution is 6.05. The van der Waals surface area contributed by atoms with Crippen LogP contribution in [0.25, 0.3) is 6.08 Å². The second kappa shape index (κ2) is 9.34. The van der Waals surface area contributed by atoms with E-state index in [-0.39, 0.29) is 17.8 Å². The molecule has 5 nitrogen and oxygen atoms in total. The molecule has 0 aromatic heterocycles. The first-order valence-corrected chi connectivity index (χ1v) is 7.71. The highest BCUT2D eigenvalue weighted by atomic mass is 19.1. The average molecular weight is 342 g/mol. The van der Waals surface area contributed by atoms with Gasteiger partial charge in [-0.1, -0.05) is 36.4 Å². The first-order chi connectivity index (χ1) is 12.1. The molecule has 0 spiro atoms. The van der Waals surface area contributed by atoms with Crippen LogP contribution < -0.4 is 10.6 Å². The van der Waals surface area contributed by atoms with Gasteiger partial charge in [0.2, 0.25) is 0 Å². The molecule has 0 bridgehead atoms. The predicted octanol–water partition coefficient (Wildman–Crippen LogP) is 2.36. The number of amides is 2. The number of benzene rings is 2. The van der Waals surface area contributed by atoms with Crippen molar-refractivity contribution in [1.29, 1.82) is 0 Å². The molecule has 0 saturated heterocycles. The minimum atomic E-state index is -0.524. The SMILES string of the molecule is COCCNC(=O)C(=Cc1ccccc1F)NC(=O)c1ccccc1. The van der Waals surface area contributed by atoms with Crippen LogP contribution in [-0.4, -0.2) is 32.1 Å². The molecule has 0 atom stereocenters. The third-order valence-corrected chi connectivity index (χ3v) is 3.33. The van der Waals surface area contributed by atoms with Gasteiger partial charge in [-0.2, -0.15) is 0 Å². The van der Waals surface area contributed by atoms with E-state index in [1.807, 2.05) is 0 Å². The topological polar surface area (TPSA) is 67.4 Å². The van der Waals surface area contributed by atoms with Gasteiger partial charge in [-0.25, -0.2) is 4.39 Å². The number of carbonyl (C=O) groups excluding carboxylic acids is 2. The van der Waals surface area contributed by atoms with Gasteiger partial charge in [-0.15, -0.1) is 0 Å². The van der Waals surface area contributed by atoms with Crippen molar-refractivity contribution in [3.8, 4) is 0 Å². The van der Waals surface area contributed by atoms with Crippen LogP contribution in [-0.2, 0) is 9.53 Å². The van der Waals surface area contributed by atoms with Crippen LogP contribution in [0.4, 0.5) is 4.39 Å². The molecule has 0 fully saturated rings.